The highest BCUT2D eigenvalue weighted by Crippen LogP contribution is 2.19. The van der Waals surface area contributed by atoms with Crippen molar-refractivity contribution >= 4 is 6.03 Å². The summed E-state index contributed by atoms with van der Waals surface area (Å²) in [5.41, 5.74) is 0. The number of methoxy groups -OCH3 is 1. The van der Waals surface area contributed by atoms with Gasteiger partial charge in [-0.15, -0.1) is 0 Å². The number of aliphatic hydroxyl groups excluding tert-OH is 2. The van der Waals surface area contributed by atoms with Gasteiger partial charge < -0.3 is 20.3 Å². The van der Waals surface area contributed by atoms with E-state index in [2.05, 4.69) is 5.32 Å². The molecule has 4 atom stereocenters. The van der Waals surface area contributed by atoms with Gasteiger partial charge in [0.2, 0.25) is 0 Å². The zero-order valence-electron chi connectivity index (χ0n) is 9.17. The van der Waals surface area contributed by atoms with Crippen LogP contribution in [0, 0.1) is 0 Å². The van der Waals surface area contributed by atoms with Crippen LogP contribution in [0.3, 0.4) is 0 Å². The van der Waals surface area contributed by atoms with Gasteiger partial charge in [-0.2, -0.15) is 0 Å². The molecular formula is C9H18N2O4. The van der Waals surface area contributed by atoms with E-state index < -0.39 is 18.4 Å². The normalized spacial score (nSPS) is 30.2. The largest absolute Gasteiger partial charge is 0.391 e. The molecule has 0 aromatic heterocycles. The summed E-state index contributed by atoms with van der Waals surface area (Å²) < 4.78 is 4.95. The van der Waals surface area contributed by atoms with Crippen LogP contribution >= 0.6 is 0 Å². The molecule has 2 amide bonds. The number of carbonyl (C=O) groups excluding carboxylic acids is 1. The number of ether oxygens (including phenoxy) is 1. The highest BCUT2D eigenvalue weighted by atomic mass is 16.5. The van der Waals surface area contributed by atoms with E-state index in [4.69, 9.17) is 4.74 Å². The van der Waals surface area contributed by atoms with Crippen LogP contribution in [0.15, 0.2) is 0 Å². The average molecular weight is 218 g/mol. The van der Waals surface area contributed by atoms with Gasteiger partial charge in [0.05, 0.1) is 24.8 Å². The fourth-order valence-corrected chi connectivity index (χ4v) is 1.96. The summed E-state index contributed by atoms with van der Waals surface area (Å²) in [6, 6.07) is -1.13. The molecule has 0 aromatic carbocycles. The Morgan fingerprint density at radius 3 is 2.53 bits per heavy atom. The van der Waals surface area contributed by atoms with Gasteiger partial charge in [0, 0.05) is 7.11 Å². The molecule has 1 aliphatic rings. The number of nitrogens with zero attached hydrogens (tertiary/aromatic N) is 1. The molecule has 0 radical (unpaired) electrons. The molecule has 1 saturated heterocycles. The summed E-state index contributed by atoms with van der Waals surface area (Å²) in [5, 5.41) is 21.7. The smallest absolute Gasteiger partial charge is 0.320 e. The zero-order valence-corrected chi connectivity index (χ0v) is 9.17. The van der Waals surface area contributed by atoms with Crippen LogP contribution in [-0.2, 0) is 4.74 Å². The standard InChI is InChI=1S/C9H18N2O4/c1-5(12)8-7(4-15-3)10-9(14)11(8)6(2)13/h5-8,12-13H,4H2,1-3H3,(H,10,14). The Balaban J connectivity index is 2.83. The summed E-state index contributed by atoms with van der Waals surface area (Å²) in [5.74, 6) is 0. The van der Waals surface area contributed by atoms with Crippen LogP contribution < -0.4 is 5.32 Å². The first-order valence-corrected chi connectivity index (χ1v) is 4.93. The molecule has 6 nitrogen and oxygen atoms in total. The lowest BCUT2D eigenvalue weighted by Gasteiger charge is -2.30. The molecule has 88 valence electrons. The number of urea groups is 1. The third-order valence-electron chi connectivity index (χ3n) is 2.52. The van der Waals surface area contributed by atoms with Gasteiger partial charge in [-0.25, -0.2) is 4.79 Å². The minimum atomic E-state index is -0.925. The molecule has 3 N–H and O–H groups in total. The van der Waals surface area contributed by atoms with Gasteiger partial charge in [0.25, 0.3) is 0 Å². The predicted octanol–water partition coefficient (Wildman–Crippen LogP) is -0.886. The van der Waals surface area contributed by atoms with Crippen molar-refractivity contribution in [3.05, 3.63) is 0 Å². The van der Waals surface area contributed by atoms with Crippen LogP contribution in [0.5, 0.6) is 0 Å². The van der Waals surface area contributed by atoms with E-state index in [1.165, 1.54) is 18.9 Å². The summed E-state index contributed by atoms with van der Waals surface area (Å²) in [7, 11) is 1.52. The maximum Gasteiger partial charge on any atom is 0.320 e. The predicted molar refractivity (Wildman–Crippen MR) is 53.2 cm³/mol. The first-order valence-electron chi connectivity index (χ1n) is 4.93. The molecule has 1 rings (SSSR count). The van der Waals surface area contributed by atoms with Gasteiger partial charge in [-0.1, -0.05) is 0 Å². The number of hydrogen-bond donors (Lipinski definition) is 3. The quantitative estimate of drug-likeness (QED) is 0.572. The van der Waals surface area contributed by atoms with Gasteiger partial charge in [-0.3, -0.25) is 4.90 Å². The Morgan fingerprint density at radius 2 is 2.13 bits per heavy atom. The topological polar surface area (TPSA) is 82.0 Å². The fourth-order valence-electron chi connectivity index (χ4n) is 1.96. The molecule has 0 aromatic rings. The number of hydrogen-bond acceptors (Lipinski definition) is 4. The Bertz CT molecular complexity index is 232. The monoisotopic (exact) mass is 218 g/mol. The highest BCUT2D eigenvalue weighted by Gasteiger charge is 2.43. The molecule has 0 bridgehead atoms. The first-order chi connectivity index (χ1) is 6.99. The van der Waals surface area contributed by atoms with Gasteiger partial charge in [0.15, 0.2) is 0 Å². The van der Waals surface area contributed by atoms with Crippen molar-refractivity contribution in [1.82, 2.24) is 10.2 Å². The number of carbonyl (C=O) groups is 1. The van der Waals surface area contributed by atoms with Crippen molar-refractivity contribution in [2.45, 2.75) is 38.3 Å². The summed E-state index contributed by atoms with van der Waals surface area (Å²) >= 11 is 0. The molecule has 0 aliphatic carbocycles. The minimum absolute atomic E-state index is 0.294. The second-order valence-electron chi connectivity index (χ2n) is 3.78. The lowest BCUT2D eigenvalue weighted by atomic mass is 10.0. The van der Waals surface area contributed by atoms with E-state index in [9.17, 15) is 15.0 Å². The molecule has 1 aliphatic heterocycles. The molecule has 4 unspecified atom stereocenters. The zero-order chi connectivity index (χ0) is 11.6. The lowest BCUT2D eigenvalue weighted by Crippen LogP contribution is -2.49. The number of nitrogens with one attached hydrogen (secondary N) is 1. The number of amides is 2. The molecule has 6 heteroatoms. The molecule has 15 heavy (non-hydrogen) atoms. The van der Waals surface area contributed by atoms with Gasteiger partial charge >= 0.3 is 6.03 Å². The van der Waals surface area contributed by atoms with Crippen molar-refractivity contribution < 1.29 is 19.7 Å². The Morgan fingerprint density at radius 1 is 1.53 bits per heavy atom. The molecule has 0 saturated carbocycles. The average Bonchev–Trinajstić information content (AvgIpc) is 2.42. The summed E-state index contributed by atoms with van der Waals surface area (Å²) in [4.78, 5) is 12.7. The Hall–Kier alpha value is -0.850. The van der Waals surface area contributed by atoms with E-state index >= 15 is 0 Å². The van der Waals surface area contributed by atoms with Crippen molar-refractivity contribution in [3.63, 3.8) is 0 Å². The molecule has 0 spiro atoms. The van der Waals surface area contributed by atoms with Gasteiger partial charge in [0.1, 0.15) is 6.23 Å². The maximum absolute atomic E-state index is 11.5. The van der Waals surface area contributed by atoms with E-state index in [0.717, 1.165) is 0 Å². The number of rotatable bonds is 4. The van der Waals surface area contributed by atoms with Crippen LogP contribution in [0.25, 0.3) is 0 Å². The van der Waals surface area contributed by atoms with Crippen LogP contribution in [0.2, 0.25) is 0 Å². The van der Waals surface area contributed by atoms with E-state index in [1.807, 2.05) is 0 Å². The number of aliphatic hydroxyl groups is 2. The van der Waals surface area contributed by atoms with E-state index in [0.29, 0.717) is 6.61 Å². The fraction of sp³-hybridized carbons (Fsp3) is 0.889. The van der Waals surface area contributed by atoms with Crippen molar-refractivity contribution in [1.29, 1.82) is 0 Å². The third kappa shape index (κ3) is 2.39. The van der Waals surface area contributed by atoms with Crippen LogP contribution in [0.4, 0.5) is 4.79 Å². The van der Waals surface area contributed by atoms with Crippen molar-refractivity contribution in [2.24, 2.45) is 0 Å². The van der Waals surface area contributed by atoms with Crippen LogP contribution in [0.1, 0.15) is 13.8 Å². The highest BCUT2D eigenvalue weighted by molar-refractivity contribution is 5.78. The first kappa shape index (κ1) is 12.2. The van der Waals surface area contributed by atoms with E-state index in [1.54, 1.807) is 6.92 Å². The summed E-state index contributed by atoms with van der Waals surface area (Å²) in [6.45, 7) is 3.39. The van der Waals surface area contributed by atoms with Gasteiger partial charge in [-0.05, 0) is 13.8 Å². The lowest BCUT2D eigenvalue weighted by molar-refractivity contribution is -0.0140. The molecular weight excluding hydrogens is 200 g/mol. The second kappa shape index (κ2) is 4.78. The maximum atomic E-state index is 11.5. The molecule has 1 heterocycles. The second-order valence-corrected chi connectivity index (χ2v) is 3.78. The molecule has 1 fully saturated rings. The van der Waals surface area contributed by atoms with E-state index in [-0.39, 0.29) is 12.1 Å². The van der Waals surface area contributed by atoms with Crippen molar-refractivity contribution in [3.8, 4) is 0 Å². The SMILES string of the molecule is COCC1NC(=O)N(C(C)O)C1C(C)O. The third-order valence-corrected chi connectivity index (χ3v) is 2.52. The summed E-state index contributed by atoms with van der Waals surface area (Å²) in [6.07, 6.45) is -1.65. The minimum Gasteiger partial charge on any atom is -0.391 e. The van der Waals surface area contributed by atoms with Crippen molar-refractivity contribution in [2.75, 3.05) is 13.7 Å². The Labute approximate surface area is 88.8 Å². The van der Waals surface area contributed by atoms with Crippen LogP contribution in [-0.4, -0.2) is 59.3 Å². The Kier molecular flexibility index (Phi) is 3.90.